The zero-order chi connectivity index (χ0) is 36.3. The fraction of sp³-hybridized carbons (Fsp3) is 0.561. The highest BCUT2D eigenvalue weighted by Crippen LogP contribution is 2.40. The molecule has 276 valence electrons. The Bertz CT molecular complexity index is 1810. The number of para-hydroxylation sites is 1. The Morgan fingerprint density at radius 2 is 1.75 bits per heavy atom. The van der Waals surface area contributed by atoms with Crippen molar-refractivity contribution in [2.24, 2.45) is 5.92 Å². The van der Waals surface area contributed by atoms with E-state index in [2.05, 4.69) is 94.6 Å². The van der Waals surface area contributed by atoms with Crippen LogP contribution in [0.25, 0.3) is 21.8 Å². The van der Waals surface area contributed by atoms with Gasteiger partial charge in [0, 0.05) is 83.9 Å². The smallest absolute Gasteiger partial charge is 0.410 e. The van der Waals surface area contributed by atoms with Crippen LogP contribution in [0.5, 0.6) is 0 Å². The number of carbonyl (C=O) groups is 2. The molecule has 0 N–H and O–H groups in total. The van der Waals surface area contributed by atoms with E-state index in [4.69, 9.17) is 14.2 Å². The second-order valence-electron chi connectivity index (χ2n) is 16.8. The minimum Gasteiger partial charge on any atom is -0.444 e. The van der Waals surface area contributed by atoms with Gasteiger partial charge in [-0.25, -0.2) is 4.79 Å². The molecule has 2 aromatic carbocycles. The average molecular weight is 715 g/mol. The molecule has 2 amide bonds. The van der Waals surface area contributed by atoms with E-state index in [0.717, 1.165) is 60.5 Å². The van der Waals surface area contributed by atoms with E-state index in [1.165, 1.54) is 10.9 Å². The third kappa shape index (κ3) is 9.26. The summed E-state index contributed by atoms with van der Waals surface area (Å²) in [6.07, 6.45) is 7.58. The average Bonchev–Trinajstić information content (AvgIpc) is 3.76. The standard InChI is InChI=1S/C41H58N4O5Si/c1-41(2,3)50-40(47)43-21-18-34(31-14-13-30-17-20-44(38(30)25-31)29-49-23-24-51(5,6)7)36(28-43)39(46)45(33-15-16-33)27-32-26-42(19-10-22-48-4)37-12-9-8-11-35(32)37/h8-9,11-14,17,20,25-26,33-34,36H,10,15-16,18-19,21-24,27-29H2,1-7H3/t34-,36+/m1/s1. The van der Waals surface area contributed by atoms with Crippen LogP contribution >= 0.6 is 0 Å². The molecule has 2 aliphatic rings. The summed E-state index contributed by atoms with van der Waals surface area (Å²) >= 11 is 0. The molecule has 4 aromatic rings. The highest BCUT2D eigenvalue weighted by molar-refractivity contribution is 6.76. The van der Waals surface area contributed by atoms with E-state index < -0.39 is 19.6 Å². The maximum Gasteiger partial charge on any atom is 0.410 e. The number of aromatic nitrogens is 2. The van der Waals surface area contributed by atoms with Crippen LogP contribution < -0.4 is 0 Å². The predicted molar refractivity (Wildman–Crippen MR) is 207 cm³/mol. The molecule has 0 spiro atoms. The summed E-state index contributed by atoms with van der Waals surface area (Å²) < 4.78 is 21.8. The summed E-state index contributed by atoms with van der Waals surface area (Å²) in [5.74, 6) is -0.304. The topological polar surface area (TPSA) is 78.2 Å². The fourth-order valence-electron chi connectivity index (χ4n) is 7.36. The number of hydrogen-bond donors (Lipinski definition) is 0. The Balaban J connectivity index is 1.29. The first-order chi connectivity index (χ1) is 24.3. The van der Waals surface area contributed by atoms with Gasteiger partial charge in [0.25, 0.3) is 0 Å². The summed E-state index contributed by atoms with van der Waals surface area (Å²) in [7, 11) is 0.556. The first kappa shape index (κ1) is 37.2. The number of hydrogen-bond acceptors (Lipinski definition) is 5. The van der Waals surface area contributed by atoms with Crippen molar-refractivity contribution in [1.82, 2.24) is 18.9 Å². The molecule has 10 heteroatoms. The molecule has 6 rings (SSSR count). The molecule has 0 unspecified atom stereocenters. The largest absolute Gasteiger partial charge is 0.444 e. The molecule has 2 aromatic heterocycles. The molecular formula is C41H58N4O5Si. The number of rotatable bonds is 14. The second-order valence-corrected chi connectivity index (χ2v) is 22.4. The zero-order valence-corrected chi connectivity index (χ0v) is 32.8. The van der Waals surface area contributed by atoms with Crippen LogP contribution in [0.1, 0.15) is 63.5 Å². The maximum atomic E-state index is 15.0. The van der Waals surface area contributed by atoms with E-state index in [1.807, 2.05) is 20.8 Å². The van der Waals surface area contributed by atoms with Gasteiger partial charge in [-0.3, -0.25) is 4.79 Å². The number of amides is 2. The highest BCUT2D eigenvalue weighted by Gasteiger charge is 2.43. The maximum absolute atomic E-state index is 15.0. The Kier molecular flexibility index (Phi) is 11.3. The Hall–Kier alpha value is -3.60. The lowest BCUT2D eigenvalue weighted by molar-refractivity contribution is -0.139. The number of piperidine rings is 1. The van der Waals surface area contributed by atoms with Gasteiger partial charge in [0.15, 0.2) is 0 Å². The predicted octanol–water partition coefficient (Wildman–Crippen LogP) is 8.48. The highest BCUT2D eigenvalue weighted by atomic mass is 28.3. The van der Waals surface area contributed by atoms with Gasteiger partial charge in [-0.1, -0.05) is 50.0 Å². The minimum atomic E-state index is -1.18. The molecule has 3 heterocycles. The zero-order valence-electron chi connectivity index (χ0n) is 31.8. The van der Waals surface area contributed by atoms with Gasteiger partial charge in [-0.2, -0.15) is 0 Å². The summed E-state index contributed by atoms with van der Waals surface area (Å²) in [5, 5.41) is 2.34. The number of carbonyl (C=O) groups excluding carboxylic acids is 2. The molecular weight excluding hydrogens is 657 g/mol. The van der Waals surface area contributed by atoms with Crippen molar-refractivity contribution in [3.8, 4) is 0 Å². The Morgan fingerprint density at radius 1 is 0.961 bits per heavy atom. The Morgan fingerprint density at radius 3 is 2.47 bits per heavy atom. The van der Waals surface area contributed by atoms with Crippen LogP contribution in [0.2, 0.25) is 25.7 Å². The van der Waals surface area contributed by atoms with Gasteiger partial charge in [0.2, 0.25) is 5.91 Å². The molecule has 1 aliphatic carbocycles. The van der Waals surface area contributed by atoms with Crippen molar-refractivity contribution < 1.29 is 23.8 Å². The first-order valence-corrected chi connectivity index (χ1v) is 22.5. The van der Waals surface area contributed by atoms with Crippen LogP contribution in [0.4, 0.5) is 4.79 Å². The van der Waals surface area contributed by atoms with E-state index in [0.29, 0.717) is 39.4 Å². The van der Waals surface area contributed by atoms with Crippen LogP contribution in [0.3, 0.4) is 0 Å². The number of fused-ring (bicyclic) bond motifs is 2. The van der Waals surface area contributed by atoms with Crippen molar-refractivity contribution in [2.45, 2.75) is 110 Å². The molecule has 2 fully saturated rings. The van der Waals surface area contributed by atoms with Gasteiger partial charge >= 0.3 is 6.09 Å². The third-order valence-electron chi connectivity index (χ3n) is 10.3. The van der Waals surface area contributed by atoms with E-state index >= 15 is 4.79 Å². The van der Waals surface area contributed by atoms with E-state index in [1.54, 1.807) is 12.0 Å². The summed E-state index contributed by atoms with van der Waals surface area (Å²) in [6.45, 7) is 17.0. The van der Waals surface area contributed by atoms with E-state index in [9.17, 15) is 4.79 Å². The normalized spacial score (nSPS) is 18.5. The minimum absolute atomic E-state index is 0.0339. The number of benzene rings is 2. The lowest BCUT2D eigenvalue weighted by Gasteiger charge is -2.40. The molecule has 0 bridgehead atoms. The van der Waals surface area contributed by atoms with Crippen molar-refractivity contribution in [1.29, 1.82) is 0 Å². The van der Waals surface area contributed by atoms with Crippen molar-refractivity contribution in [2.75, 3.05) is 33.4 Å². The number of methoxy groups -OCH3 is 1. The summed E-state index contributed by atoms with van der Waals surface area (Å²) in [5.41, 5.74) is 3.98. The molecule has 1 saturated carbocycles. The first-order valence-electron chi connectivity index (χ1n) is 18.8. The lowest BCUT2D eigenvalue weighted by Crippen LogP contribution is -2.51. The van der Waals surface area contributed by atoms with Crippen LogP contribution in [0, 0.1) is 5.92 Å². The molecule has 2 atom stereocenters. The van der Waals surface area contributed by atoms with Crippen molar-refractivity contribution >= 4 is 41.9 Å². The van der Waals surface area contributed by atoms with Crippen LogP contribution in [-0.2, 0) is 38.8 Å². The van der Waals surface area contributed by atoms with Crippen LogP contribution in [-0.4, -0.2) is 84.1 Å². The SMILES string of the molecule is COCCCn1cc(CN(C(=O)[C@H]2CN(C(=O)OC(C)(C)C)CC[C@@H]2c2ccc3ccn(COCC[Si](C)(C)C)c3c2)C2CC2)c2ccccc21. The number of ether oxygens (including phenoxy) is 3. The van der Waals surface area contributed by atoms with E-state index in [-0.39, 0.29) is 24.0 Å². The third-order valence-corrected chi connectivity index (χ3v) is 12.0. The number of likely N-dealkylation sites (tertiary alicyclic amines) is 1. The fourth-order valence-corrected chi connectivity index (χ4v) is 8.12. The van der Waals surface area contributed by atoms with Gasteiger partial charge in [-0.15, -0.1) is 0 Å². The van der Waals surface area contributed by atoms with Gasteiger partial charge < -0.3 is 33.1 Å². The van der Waals surface area contributed by atoms with Gasteiger partial charge in [-0.05, 0) is 93.1 Å². The van der Waals surface area contributed by atoms with Crippen molar-refractivity contribution in [3.05, 3.63) is 72.1 Å². The molecule has 51 heavy (non-hydrogen) atoms. The van der Waals surface area contributed by atoms with Gasteiger partial charge in [0.05, 0.1) is 11.4 Å². The van der Waals surface area contributed by atoms with Gasteiger partial charge in [0.1, 0.15) is 12.3 Å². The lowest BCUT2D eigenvalue weighted by atomic mass is 9.79. The number of aryl methyl sites for hydroxylation is 1. The molecule has 1 aliphatic heterocycles. The Labute approximate surface area is 304 Å². The summed E-state index contributed by atoms with van der Waals surface area (Å²) in [4.78, 5) is 32.3. The quantitative estimate of drug-likeness (QED) is 0.0968. The monoisotopic (exact) mass is 714 g/mol. The van der Waals surface area contributed by atoms with Crippen molar-refractivity contribution in [3.63, 3.8) is 0 Å². The molecule has 9 nitrogen and oxygen atoms in total. The molecule has 1 saturated heterocycles. The number of nitrogens with zero attached hydrogens (tertiary/aromatic N) is 4. The van der Waals surface area contributed by atoms with Crippen LogP contribution in [0.15, 0.2) is 60.9 Å². The molecule has 0 radical (unpaired) electrons. The second kappa shape index (κ2) is 15.6. The summed E-state index contributed by atoms with van der Waals surface area (Å²) in [6, 6.07) is 18.6.